The molecule has 0 bridgehead atoms. The molecule has 0 aromatic heterocycles. The molecule has 1 amide bonds. The van der Waals surface area contributed by atoms with Crippen molar-refractivity contribution in [3.05, 3.63) is 109 Å². The number of hydrogen-bond donors (Lipinski definition) is 1. The Hall–Kier alpha value is -4.58. The van der Waals surface area contributed by atoms with Crippen molar-refractivity contribution in [3.8, 4) is 28.4 Å². The van der Waals surface area contributed by atoms with Crippen molar-refractivity contribution >= 4 is 17.6 Å². The van der Waals surface area contributed by atoms with Crippen molar-refractivity contribution in [3.63, 3.8) is 0 Å². The highest BCUT2D eigenvalue weighted by Gasteiger charge is 2.13. The van der Waals surface area contributed by atoms with Gasteiger partial charge in [-0.1, -0.05) is 60.7 Å². The molecular weight excluding hydrogens is 430 g/mol. The van der Waals surface area contributed by atoms with E-state index in [0.29, 0.717) is 28.5 Å². The van der Waals surface area contributed by atoms with Crippen LogP contribution in [0.25, 0.3) is 11.1 Å². The molecule has 0 radical (unpaired) electrons. The summed E-state index contributed by atoms with van der Waals surface area (Å²) in [4.78, 5) is 24.8. The summed E-state index contributed by atoms with van der Waals surface area (Å²) in [5.41, 5.74) is 2.88. The molecule has 4 aromatic carbocycles. The van der Waals surface area contributed by atoms with E-state index in [1.165, 1.54) is 7.11 Å². The van der Waals surface area contributed by atoms with Crippen LogP contribution in [-0.2, 0) is 4.79 Å². The molecule has 1 N–H and O–H groups in total. The van der Waals surface area contributed by atoms with Crippen molar-refractivity contribution < 1.29 is 23.8 Å². The Morgan fingerprint density at radius 3 is 2.12 bits per heavy atom. The van der Waals surface area contributed by atoms with Crippen LogP contribution in [0.3, 0.4) is 0 Å². The Labute approximate surface area is 197 Å². The number of para-hydroxylation sites is 2. The second-order valence-corrected chi connectivity index (χ2v) is 7.30. The molecule has 6 heteroatoms. The molecule has 4 aromatic rings. The van der Waals surface area contributed by atoms with Gasteiger partial charge in [0.1, 0.15) is 17.2 Å². The Morgan fingerprint density at radius 1 is 0.735 bits per heavy atom. The molecule has 34 heavy (non-hydrogen) atoms. The highest BCUT2D eigenvalue weighted by atomic mass is 16.6. The first-order chi connectivity index (χ1) is 16.6. The van der Waals surface area contributed by atoms with Gasteiger partial charge in [-0.3, -0.25) is 4.79 Å². The van der Waals surface area contributed by atoms with E-state index >= 15 is 0 Å². The second kappa shape index (κ2) is 10.8. The van der Waals surface area contributed by atoms with Crippen LogP contribution in [0.5, 0.6) is 17.2 Å². The lowest BCUT2D eigenvalue weighted by molar-refractivity contribution is -0.136. The summed E-state index contributed by atoms with van der Waals surface area (Å²) in [6.45, 7) is -0.240. The van der Waals surface area contributed by atoms with E-state index in [9.17, 15) is 9.59 Å². The first kappa shape index (κ1) is 22.6. The standard InChI is InChI=1S/C28H23NO5/c1-32-25-13-7-6-12-24(25)28(31)29-21-15-17-22(18-16-21)34-27(30)19-33-26-14-8-5-11-23(26)20-9-3-2-4-10-20/h2-18H,19H2,1H3,(H,29,31). The Morgan fingerprint density at radius 2 is 1.38 bits per heavy atom. The number of rotatable bonds is 8. The number of amides is 1. The van der Waals surface area contributed by atoms with Crippen molar-refractivity contribution in [2.45, 2.75) is 0 Å². The zero-order chi connectivity index (χ0) is 23.8. The van der Waals surface area contributed by atoms with E-state index in [1.807, 2.05) is 54.6 Å². The molecule has 0 spiro atoms. The maximum absolute atomic E-state index is 12.5. The predicted octanol–water partition coefficient (Wildman–Crippen LogP) is 5.60. The molecule has 0 aliphatic heterocycles. The number of ether oxygens (including phenoxy) is 3. The number of hydrogen-bond acceptors (Lipinski definition) is 5. The summed E-state index contributed by atoms with van der Waals surface area (Å²) in [6.07, 6.45) is 0. The van der Waals surface area contributed by atoms with Crippen LogP contribution < -0.4 is 19.5 Å². The first-order valence-electron chi connectivity index (χ1n) is 10.7. The summed E-state index contributed by atoms with van der Waals surface area (Å²) in [5.74, 6) is 0.598. The molecular formula is C28H23NO5. The number of benzene rings is 4. The van der Waals surface area contributed by atoms with E-state index in [4.69, 9.17) is 14.2 Å². The molecule has 4 rings (SSSR count). The van der Waals surface area contributed by atoms with Gasteiger partial charge in [-0.15, -0.1) is 0 Å². The summed E-state index contributed by atoms with van der Waals surface area (Å²) in [7, 11) is 1.51. The van der Waals surface area contributed by atoms with E-state index in [2.05, 4.69) is 5.32 Å². The zero-order valence-electron chi connectivity index (χ0n) is 18.6. The quantitative estimate of drug-likeness (QED) is 0.278. The molecule has 0 aliphatic rings. The maximum atomic E-state index is 12.5. The fourth-order valence-corrected chi connectivity index (χ4v) is 3.38. The van der Waals surface area contributed by atoms with Crippen LogP contribution in [0.4, 0.5) is 5.69 Å². The molecule has 0 heterocycles. The largest absolute Gasteiger partial charge is 0.496 e. The van der Waals surface area contributed by atoms with E-state index < -0.39 is 5.97 Å². The van der Waals surface area contributed by atoms with Crippen LogP contribution in [0.1, 0.15) is 10.4 Å². The number of carbonyl (C=O) groups is 2. The van der Waals surface area contributed by atoms with E-state index in [-0.39, 0.29) is 12.5 Å². The summed E-state index contributed by atoms with van der Waals surface area (Å²) in [5, 5.41) is 2.80. The highest BCUT2D eigenvalue weighted by molar-refractivity contribution is 6.06. The molecule has 6 nitrogen and oxygen atoms in total. The lowest BCUT2D eigenvalue weighted by atomic mass is 10.1. The van der Waals surface area contributed by atoms with Crippen molar-refractivity contribution in [1.29, 1.82) is 0 Å². The smallest absolute Gasteiger partial charge is 0.349 e. The van der Waals surface area contributed by atoms with Gasteiger partial charge in [-0.05, 0) is 48.0 Å². The molecule has 0 saturated heterocycles. The summed E-state index contributed by atoms with van der Waals surface area (Å²) in [6, 6.07) is 30.8. The minimum atomic E-state index is -0.534. The third kappa shape index (κ3) is 5.61. The van der Waals surface area contributed by atoms with Gasteiger partial charge < -0.3 is 19.5 Å². The topological polar surface area (TPSA) is 73.9 Å². The van der Waals surface area contributed by atoms with Crippen LogP contribution in [0.2, 0.25) is 0 Å². The fourth-order valence-electron chi connectivity index (χ4n) is 3.38. The molecule has 0 saturated carbocycles. The van der Waals surface area contributed by atoms with Gasteiger partial charge >= 0.3 is 5.97 Å². The van der Waals surface area contributed by atoms with Crippen molar-refractivity contribution in [2.24, 2.45) is 0 Å². The first-order valence-corrected chi connectivity index (χ1v) is 10.7. The monoisotopic (exact) mass is 453 g/mol. The van der Waals surface area contributed by atoms with Crippen LogP contribution in [-0.4, -0.2) is 25.6 Å². The molecule has 0 unspecified atom stereocenters. The SMILES string of the molecule is COc1ccccc1C(=O)Nc1ccc(OC(=O)COc2ccccc2-c2ccccc2)cc1. The average molecular weight is 453 g/mol. The molecule has 0 atom stereocenters. The number of methoxy groups -OCH3 is 1. The normalized spacial score (nSPS) is 10.3. The molecule has 170 valence electrons. The van der Waals surface area contributed by atoms with Gasteiger partial charge in [0.25, 0.3) is 5.91 Å². The predicted molar refractivity (Wildman–Crippen MR) is 130 cm³/mol. The third-order valence-corrected chi connectivity index (χ3v) is 5.01. The number of anilines is 1. The Balaban J connectivity index is 1.34. The van der Waals surface area contributed by atoms with Gasteiger partial charge in [0.15, 0.2) is 6.61 Å². The minimum Gasteiger partial charge on any atom is -0.496 e. The summed E-state index contributed by atoms with van der Waals surface area (Å²) >= 11 is 0. The Bertz CT molecular complexity index is 1270. The lowest BCUT2D eigenvalue weighted by Crippen LogP contribution is -2.18. The van der Waals surface area contributed by atoms with Crippen LogP contribution in [0, 0.1) is 0 Å². The molecule has 0 fully saturated rings. The number of nitrogens with one attached hydrogen (secondary N) is 1. The van der Waals surface area contributed by atoms with Gasteiger partial charge in [-0.2, -0.15) is 0 Å². The van der Waals surface area contributed by atoms with E-state index in [0.717, 1.165) is 11.1 Å². The highest BCUT2D eigenvalue weighted by Crippen LogP contribution is 2.29. The zero-order valence-corrected chi connectivity index (χ0v) is 18.6. The second-order valence-electron chi connectivity index (χ2n) is 7.30. The van der Waals surface area contributed by atoms with Gasteiger partial charge in [0, 0.05) is 11.3 Å². The number of esters is 1. The van der Waals surface area contributed by atoms with Crippen LogP contribution >= 0.6 is 0 Å². The van der Waals surface area contributed by atoms with Crippen molar-refractivity contribution in [1.82, 2.24) is 0 Å². The number of carbonyl (C=O) groups excluding carboxylic acids is 2. The van der Waals surface area contributed by atoms with Gasteiger partial charge in [0.2, 0.25) is 0 Å². The minimum absolute atomic E-state index is 0.240. The summed E-state index contributed by atoms with van der Waals surface area (Å²) < 4.78 is 16.3. The van der Waals surface area contributed by atoms with Crippen LogP contribution in [0.15, 0.2) is 103 Å². The van der Waals surface area contributed by atoms with Crippen molar-refractivity contribution in [2.75, 3.05) is 19.0 Å². The van der Waals surface area contributed by atoms with Gasteiger partial charge in [-0.25, -0.2) is 4.79 Å². The Kier molecular flexibility index (Phi) is 7.20. The van der Waals surface area contributed by atoms with E-state index in [1.54, 1.807) is 48.5 Å². The third-order valence-electron chi connectivity index (χ3n) is 5.01. The molecule has 0 aliphatic carbocycles. The maximum Gasteiger partial charge on any atom is 0.349 e. The fraction of sp³-hybridized carbons (Fsp3) is 0.0714. The van der Waals surface area contributed by atoms with Gasteiger partial charge in [0.05, 0.1) is 12.7 Å². The average Bonchev–Trinajstić information content (AvgIpc) is 2.89. The lowest BCUT2D eigenvalue weighted by Gasteiger charge is -2.12.